The molecule has 0 unspecified atom stereocenters. The molecule has 0 saturated heterocycles. The van der Waals surface area contributed by atoms with E-state index in [1.54, 1.807) is 24.3 Å². The minimum Gasteiger partial charge on any atom is -0.490 e. The first kappa shape index (κ1) is 25.3. The van der Waals surface area contributed by atoms with Crippen LogP contribution in [0.2, 0.25) is 0 Å². The Morgan fingerprint density at radius 1 is 0.921 bits per heavy atom. The lowest BCUT2D eigenvalue weighted by molar-refractivity contribution is -0.112. The minimum atomic E-state index is -0.656. The molecule has 7 nitrogen and oxygen atoms in total. The van der Waals surface area contributed by atoms with Gasteiger partial charge in [-0.3, -0.25) is 9.59 Å². The van der Waals surface area contributed by atoms with Crippen molar-refractivity contribution in [3.63, 3.8) is 0 Å². The van der Waals surface area contributed by atoms with Crippen LogP contribution in [0, 0.1) is 13.8 Å². The first-order valence-electron chi connectivity index (χ1n) is 12.9. The SMILES string of the molecule is Cc1cc(C)nc(OCCOc2ccc(NC(=O)C(=O)c3c(-c4ccccc4)cc4n3CCCC4)cc2)c1. The van der Waals surface area contributed by atoms with Gasteiger partial charge in [0.1, 0.15) is 24.7 Å². The average Bonchev–Trinajstić information content (AvgIpc) is 3.31. The van der Waals surface area contributed by atoms with Crippen molar-refractivity contribution in [1.29, 1.82) is 0 Å². The Morgan fingerprint density at radius 3 is 2.45 bits per heavy atom. The molecule has 0 bridgehead atoms. The number of hydrogen-bond acceptors (Lipinski definition) is 5. The Hall–Kier alpha value is -4.39. The fourth-order valence-electron chi connectivity index (χ4n) is 4.84. The second-order valence-corrected chi connectivity index (χ2v) is 9.50. The fraction of sp³-hybridized carbons (Fsp3) is 0.258. The van der Waals surface area contributed by atoms with Crippen molar-refractivity contribution in [2.75, 3.05) is 18.5 Å². The number of hydrogen-bond donors (Lipinski definition) is 1. The number of nitrogens with one attached hydrogen (secondary N) is 1. The fourth-order valence-corrected chi connectivity index (χ4v) is 4.84. The van der Waals surface area contributed by atoms with Crippen LogP contribution in [0.4, 0.5) is 5.69 Å². The van der Waals surface area contributed by atoms with Crippen LogP contribution in [0.15, 0.2) is 72.8 Å². The highest BCUT2D eigenvalue weighted by atomic mass is 16.5. The van der Waals surface area contributed by atoms with E-state index in [1.807, 2.05) is 60.9 Å². The lowest BCUT2D eigenvalue weighted by Crippen LogP contribution is -2.27. The number of benzene rings is 2. The number of carbonyl (C=O) groups excluding carboxylic acids is 2. The van der Waals surface area contributed by atoms with Gasteiger partial charge in [-0.1, -0.05) is 30.3 Å². The predicted octanol–water partition coefficient (Wildman–Crippen LogP) is 5.78. The van der Waals surface area contributed by atoms with E-state index < -0.39 is 11.7 Å². The second kappa shape index (κ2) is 11.3. The van der Waals surface area contributed by atoms with E-state index in [1.165, 1.54) is 0 Å². The molecule has 38 heavy (non-hydrogen) atoms. The summed E-state index contributed by atoms with van der Waals surface area (Å²) in [7, 11) is 0. The molecule has 5 rings (SSSR count). The van der Waals surface area contributed by atoms with Gasteiger partial charge in [-0.05, 0) is 80.6 Å². The average molecular weight is 510 g/mol. The van der Waals surface area contributed by atoms with Crippen molar-refractivity contribution in [1.82, 2.24) is 9.55 Å². The van der Waals surface area contributed by atoms with Crippen LogP contribution >= 0.6 is 0 Å². The third kappa shape index (κ3) is 5.78. The molecule has 0 radical (unpaired) electrons. The largest absolute Gasteiger partial charge is 0.490 e. The normalized spacial score (nSPS) is 12.5. The van der Waals surface area contributed by atoms with Crippen LogP contribution in [-0.2, 0) is 17.8 Å². The molecule has 2 aromatic heterocycles. The monoisotopic (exact) mass is 509 g/mol. The van der Waals surface area contributed by atoms with Crippen molar-refractivity contribution in [3.05, 3.63) is 95.4 Å². The molecule has 0 aliphatic carbocycles. The second-order valence-electron chi connectivity index (χ2n) is 9.50. The first-order valence-corrected chi connectivity index (χ1v) is 12.9. The van der Waals surface area contributed by atoms with E-state index in [0.717, 1.165) is 53.9 Å². The minimum absolute atomic E-state index is 0.348. The van der Waals surface area contributed by atoms with E-state index in [-0.39, 0.29) is 0 Å². The van der Waals surface area contributed by atoms with Gasteiger partial charge in [-0.2, -0.15) is 0 Å². The van der Waals surface area contributed by atoms with Gasteiger partial charge in [0.15, 0.2) is 0 Å². The summed E-state index contributed by atoms with van der Waals surface area (Å²) in [4.78, 5) is 30.8. The molecule has 4 aromatic rings. The molecule has 2 aromatic carbocycles. The number of aromatic nitrogens is 2. The number of ether oxygens (including phenoxy) is 2. The maximum Gasteiger partial charge on any atom is 0.298 e. The molecular formula is C31H31N3O4. The van der Waals surface area contributed by atoms with Gasteiger partial charge in [0.05, 0.1) is 0 Å². The summed E-state index contributed by atoms with van der Waals surface area (Å²) < 4.78 is 13.4. The molecule has 1 aliphatic heterocycles. The van der Waals surface area contributed by atoms with Gasteiger partial charge in [-0.25, -0.2) is 4.98 Å². The lowest BCUT2D eigenvalue weighted by Gasteiger charge is -2.17. The van der Waals surface area contributed by atoms with Crippen LogP contribution in [0.25, 0.3) is 11.1 Å². The maximum atomic E-state index is 13.4. The smallest absolute Gasteiger partial charge is 0.298 e. The summed E-state index contributed by atoms with van der Waals surface area (Å²) >= 11 is 0. The Kier molecular flexibility index (Phi) is 7.54. The standard InChI is InChI=1S/C31H31N3O4/c1-21-18-22(2)32-28(19-21)38-17-16-37-26-13-11-24(12-14-26)33-31(36)30(35)29-27(23-8-4-3-5-9-23)20-25-10-6-7-15-34(25)29/h3-5,8-9,11-14,18-20H,6-7,10,15-17H2,1-2H3,(H,33,36). The highest BCUT2D eigenvalue weighted by Gasteiger charge is 2.28. The third-order valence-corrected chi connectivity index (χ3v) is 6.54. The zero-order valence-corrected chi connectivity index (χ0v) is 21.7. The zero-order chi connectivity index (χ0) is 26.5. The quantitative estimate of drug-likeness (QED) is 0.176. The van der Waals surface area contributed by atoms with Gasteiger partial charge >= 0.3 is 0 Å². The van der Waals surface area contributed by atoms with Crippen LogP contribution < -0.4 is 14.8 Å². The number of nitrogens with zero attached hydrogens (tertiary/aromatic N) is 2. The van der Waals surface area contributed by atoms with Crippen molar-refractivity contribution in [3.8, 4) is 22.8 Å². The topological polar surface area (TPSA) is 82.5 Å². The molecule has 7 heteroatoms. The number of Topliss-reactive ketones (excluding diaryl/α,β-unsaturated/α-hetero) is 1. The predicted molar refractivity (Wildman–Crippen MR) is 147 cm³/mol. The van der Waals surface area contributed by atoms with Crippen LogP contribution in [0.3, 0.4) is 0 Å². The van der Waals surface area contributed by atoms with Crippen molar-refractivity contribution in [2.45, 2.75) is 39.7 Å². The lowest BCUT2D eigenvalue weighted by atomic mass is 10.0. The summed E-state index contributed by atoms with van der Waals surface area (Å²) in [5.74, 6) is 0.0259. The number of fused-ring (bicyclic) bond motifs is 1. The van der Waals surface area contributed by atoms with E-state index in [2.05, 4.69) is 16.4 Å². The molecule has 0 saturated carbocycles. The van der Waals surface area contributed by atoms with E-state index in [0.29, 0.717) is 36.2 Å². The highest BCUT2D eigenvalue weighted by Crippen LogP contribution is 2.31. The zero-order valence-electron chi connectivity index (χ0n) is 21.7. The van der Waals surface area contributed by atoms with Crippen molar-refractivity contribution < 1.29 is 19.1 Å². The molecular weight excluding hydrogens is 478 g/mol. The molecule has 1 aliphatic rings. The first-order chi connectivity index (χ1) is 18.5. The summed E-state index contributed by atoms with van der Waals surface area (Å²) in [5, 5.41) is 2.75. The summed E-state index contributed by atoms with van der Waals surface area (Å²) in [6.45, 7) is 5.38. The van der Waals surface area contributed by atoms with Gasteiger partial charge in [0.25, 0.3) is 11.7 Å². The summed E-state index contributed by atoms with van der Waals surface area (Å²) in [5.41, 5.74) is 5.83. The van der Waals surface area contributed by atoms with E-state index in [4.69, 9.17) is 9.47 Å². The Morgan fingerprint density at radius 2 is 1.68 bits per heavy atom. The van der Waals surface area contributed by atoms with Crippen LogP contribution in [0.5, 0.6) is 11.6 Å². The number of amides is 1. The highest BCUT2D eigenvalue weighted by molar-refractivity contribution is 6.47. The Balaban J connectivity index is 1.21. The van der Waals surface area contributed by atoms with Gasteiger partial charge in [-0.15, -0.1) is 0 Å². The molecule has 0 atom stereocenters. The number of rotatable bonds is 9. The van der Waals surface area contributed by atoms with Crippen molar-refractivity contribution >= 4 is 17.4 Å². The van der Waals surface area contributed by atoms with E-state index >= 15 is 0 Å². The molecule has 1 N–H and O–H groups in total. The number of carbonyl (C=O) groups is 2. The Labute approximate surface area is 222 Å². The number of ketones is 1. The molecule has 3 heterocycles. The van der Waals surface area contributed by atoms with Gasteiger partial charge < -0.3 is 19.4 Å². The van der Waals surface area contributed by atoms with Crippen LogP contribution in [-0.4, -0.2) is 34.5 Å². The molecule has 194 valence electrons. The maximum absolute atomic E-state index is 13.4. The Bertz CT molecular complexity index is 1420. The van der Waals surface area contributed by atoms with Crippen molar-refractivity contribution in [2.24, 2.45) is 0 Å². The molecule has 1 amide bonds. The number of aryl methyl sites for hydroxylation is 3. The third-order valence-electron chi connectivity index (χ3n) is 6.54. The van der Waals surface area contributed by atoms with Gasteiger partial charge in [0.2, 0.25) is 5.88 Å². The number of pyridine rings is 1. The van der Waals surface area contributed by atoms with Crippen LogP contribution in [0.1, 0.15) is 40.3 Å². The van der Waals surface area contributed by atoms with E-state index in [9.17, 15) is 9.59 Å². The number of anilines is 1. The summed E-state index contributed by atoms with van der Waals surface area (Å²) in [6.07, 6.45) is 2.98. The van der Waals surface area contributed by atoms with Gasteiger partial charge in [0, 0.05) is 35.2 Å². The molecule has 0 spiro atoms. The molecule has 0 fully saturated rings. The summed E-state index contributed by atoms with van der Waals surface area (Å²) in [6, 6.07) is 22.6.